The van der Waals surface area contributed by atoms with Crippen LogP contribution in [0.3, 0.4) is 0 Å². The fraction of sp³-hybridized carbons (Fsp3) is 0.462. The quantitative estimate of drug-likeness (QED) is 0.492. The first-order valence-corrected chi connectivity index (χ1v) is 14.1. The molecule has 7 nitrogen and oxygen atoms in total. The van der Waals surface area contributed by atoms with Gasteiger partial charge in [-0.25, -0.2) is 21.6 Å². The van der Waals surface area contributed by atoms with Gasteiger partial charge in [-0.3, -0.25) is 13.9 Å². The lowest BCUT2D eigenvalue weighted by molar-refractivity contribution is -0.140. The molecule has 2 amide bonds. The third-order valence-electron chi connectivity index (χ3n) is 6.47. The number of hydrogen-bond acceptors (Lipinski definition) is 4. The number of rotatable bonds is 10. The predicted molar refractivity (Wildman–Crippen MR) is 135 cm³/mol. The Morgan fingerprint density at radius 2 is 1.65 bits per heavy atom. The lowest BCUT2D eigenvalue weighted by atomic mass is 9.95. The number of hydrogen-bond donors (Lipinski definition) is 1. The number of anilines is 1. The normalized spacial score (nSPS) is 15.2. The third-order valence-corrected chi connectivity index (χ3v) is 7.61. The molecule has 2 aromatic carbocycles. The van der Waals surface area contributed by atoms with Gasteiger partial charge in [0.1, 0.15) is 18.4 Å². The fourth-order valence-electron chi connectivity index (χ4n) is 4.50. The second-order valence-electron chi connectivity index (χ2n) is 9.28. The van der Waals surface area contributed by atoms with E-state index in [9.17, 15) is 31.2 Å². The van der Waals surface area contributed by atoms with Gasteiger partial charge in [-0.2, -0.15) is 0 Å². The number of nitrogens with zero attached hydrogens (tertiary/aromatic N) is 2. The molecule has 37 heavy (non-hydrogen) atoms. The molecule has 2 aromatic rings. The first-order chi connectivity index (χ1) is 17.5. The fourth-order valence-corrected chi connectivity index (χ4v) is 5.35. The van der Waals surface area contributed by atoms with Crippen molar-refractivity contribution in [1.29, 1.82) is 0 Å². The minimum Gasteiger partial charge on any atom is -0.352 e. The maximum atomic E-state index is 13.9. The summed E-state index contributed by atoms with van der Waals surface area (Å²) in [5.74, 6) is -3.97. The van der Waals surface area contributed by atoms with Crippen LogP contribution in [0.5, 0.6) is 0 Å². The third kappa shape index (κ3) is 7.70. The maximum Gasteiger partial charge on any atom is 0.244 e. The van der Waals surface area contributed by atoms with Crippen LogP contribution in [0, 0.1) is 17.5 Å². The number of carbonyl (C=O) groups excluding carboxylic acids is 2. The number of sulfonamides is 1. The number of nitrogens with one attached hydrogen (secondary N) is 1. The molecule has 1 atom stereocenters. The van der Waals surface area contributed by atoms with Crippen LogP contribution < -0.4 is 9.62 Å². The van der Waals surface area contributed by atoms with Crippen molar-refractivity contribution >= 4 is 27.5 Å². The predicted octanol–water partition coefficient (Wildman–Crippen LogP) is 4.13. The molecule has 1 aliphatic carbocycles. The van der Waals surface area contributed by atoms with Crippen molar-refractivity contribution in [2.45, 2.75) is 64.1 Å². The van der Waals surface area contributed by atoms with Gasteiger partial charge in [0.25, 0.3) is 0 Å². The molecular formula is C26H32F3N3O4S. The second-order valence-corrected chi connectivity index (χ2v) is 11.2. The smallest absolute Gasteiger partial charge is 0.244 e. The van der Waals surface area contributed by atoms with Gasteiger partial charge < -0.3 is 10.2 Å². The summed E-state index contributed by atoms with van der Waals surface area (Å²) in [5, 5.41) is 3.01. The Bertz CT molecular complexity index is 1200. The van der Waals surface area contributed by atoms with E-state index in [0.29, 0.717) is 15.9 Å². The largest absolute Gasteiger partial charge is 0.352 e. The number of halogens is 3. The second kappa shape index (κ2) is 12.4. The van der Waals surface area contributed by atoms with Crippen molar-refractivity contribution in [3.63, 3.8) is 0 Å². The molecule has 0 radical (unpaired) electrons. The Morgan fingerprint density at radius 3 is 2.22 bits per heavy atom. The summed E-state index contributed by atoms with van der Waals surface area (Å²) in [5.41, 5.74) is 0.314. The Labute approximate surface area is 215 Å². The lowest BCUT2D eigenvalue weighted by Crippen LogP contribution is -2.53. The van der Waals surface area contributed by atoms with Crippen molar-refractivity contribution in [3.05, 3.63) is 65.5 Å². The van der Waals surface area contributed by atoms with Gasteiger partial charge in [-0.05, 0) is 49.1 Å². The molecule has 0 aromatic heterocycles. The zero-order valence-corrected chi connectivity index (χ0v) is 21.7. The molecule has 0 bridgehead atoms. The lowest BCUT2D eigenvalue weighted by Gasteiger charge is -2.34. The molecule has 0 saturated heterocycles. The summed E-state index contributed by atoms with van der Waals surface area (Å²) in [6.45, 7) is 0.920. The highest BCUT2D eigenvalue weighted by molar-refractivity contribution is 7.92. The van der Waals surface area contributed by atoms with Crippen LogP contribution in [-0.4, -0.2) is 50.0 Å². The molecule has 1 fully saturated rings. The SMILES string of the molecule is CCC(C(=O)NC1CCCCC1)N(Cc1ccc(F)cc1)C(=O)CN(c1ccc(F)c(F)c1)S(C)(=O)=O. The van der Waals surface area contributed by atoms with Gasteiger partial charge in [0.05, 0.1) is 11.9 Å². The molecular weight excluding hydrogens is 507 g/mol. The van der Waals surface area contributed by atoms with E-state index in [1.165, 1.54) is 29.2 Å². The van der Waals surface area contributed by atoms with E-state index in [1.54, 1.807) is 6.92 Å². The maximum absolute atomic E-state index is 13.9. The highest BCUT2D eigenvalue weighted by Gasteiger charge is 2.33. The van der Waals surface area contributed by atoms with E-state index in [0.717, 1.165) is 50.5 Å². The minimum atomic E-state index is -4.08. The summed E-state index contributed by atoms with van der Waals surface area (Å²) < 4.78 is 66.6. The molecule has 3 rings (SSSR count). The summed E-state index contributed by atoms with van der Waals surface area (Å²) in [6, 6.07) is 7.01. The van der Waals surface area contributed by atoms with E-state index in [-0.39, 0.29) is 30.6 Å². The van der Waals surface area contributed by atoms with E-state index in [2.05, 4.69) is 5.32 Å². The molecule has 1 saturated carbocycles. The monoisotopic (exact) mass is 539 g/mol. The van der Waals surface area contributed by atoms with Gasteiger partial charge in [0.2, 0.25) is 21.8 Å². The number of carbonyl (C=O) groups is 2. The van der Waals surface area contributed by atoms with Gasteiger partial charge in [-0.15, -0.1) is 0 Å². The standard InChI is InChI=1S/C26H32F3N3O4S/c1-3-24(26(34)30-20-7-5-4-6-8-20)31(16-18-9-11-19(27)12-10-18)25(33)17-32(37(2,35)36)21-13-14-22(28)23(29)15-21/h9-15,20,24H,3-8,16-17H2,1-2H3,(H,30,34). The average Bonchev–Trinajstić information content (AvgIpc) is 2.85. The molecule has 0 aliphatic heterocycles. The Balaban J connectivity index is 1.92. The van der Waals surface area contributed by atoms with Crippen LogP contribution in [-0.2, 0) is 26.2 Å². The van der Waals surface area contributed by atoms with Crippen molar-refractivity contribution in [3.8, 4) is 0 Å². The van der Waals surface area contributed by atoms with Crippen molar-refractivity contribution in [2.24, 2.45) is 0 Å². The Hall–Kier alpha value is -3.08. The van der Waals surface area contributed by atoms with E-state index in [4.69, 9.17) is 0 Å². The zero-order valence-electron chi connectivity index (χ0n) is 20.9. The van der Waals surface area contributed by atoms with Crippen LogP contribution in [0.25, 0.3) is 0 Å². The zero-order chi connectivity index (χ0) is 27.2. The molecule has 0 heterocycles. The summed E-state index contributed by atoms with van der Waals surface area (Å²) >= 11 is 0. The summed E-state index contributed by atoms with van der Waals surface area (Å²) in [4.78, 5) is 28.1. The molecule has 1 aliphatic rings. The van der Waals surface area contributed by atoms with Crippen LogP contribution in [0.2, 0.25) is 0 Å². The van der Waals surface area contributed by atoms with Crippen LogP contribution in [0.15, 0.2) is 42.5 Å². The minimum absolute atomic E-state index is 0.00668. The van der Waals surface area contributed by atoms with E-state index in [1.807, 2.05) is 0 Å². The average molecular weight is 540 g/mol. The number of benzene rings is 2. The first kappa shape index (κ1) is 28.5. The Morgan fingerprint density at radius 1 is 1.00 bits per heavy atom. The highest BCUT2D eigenvalue weighted by Crippen LogP contribution is 2.23. The van der Waals surface area contributed by atoms with Crippen molar-refractivity contribution in [2.75, 3.05) is 17.1 Å². The molecule has 0 spiro atoms. The van der Waals surface area contributed by atoms with Crippen LogP contribution >= 0.6 is 0 Å². The summed E-state index contributed by atoms with van der Waals surface area (Å²) in [6.07, 6.45) is 5.87. The van der Waals surface area contributed by atoms with Crippen LogP contribution in [0.4, 0.5) is 18.9 Å². The number of amides is 2. The molecule has 1 N–H and O–H groups in total. The van der Waals surface area contributed by atoms with Crippen LogP contribution in [0.1, 0.15) is 51.0 Å². The topological polar surface area (TPSA) is 86.8 Å². The van der Waals surface area contributed by atoms with Crippen molar-refractivity contribution in [1.82, 2.24) is 10.2 Å². The van der Waals surface area contributed by atoms with Gasteiger partial charge >= 0.3 is 0 Å². The van der Waals surface area contributed by atoms with Gasteiger partial charge in [0.15, 0.2) is 11.6 Å². The summed E-state index contributed by atoms with van der Waals surface area (Å²) in [7, 11) is -4.08. The van der Waals surface area contributed by atoms with Gasteiger partial charge in [0, 0.05) is 18.7 Å². The molecule has 202 valence electrons. The molecule has 11 heteroatoms. The molecule has 1 unspecified atom stereocenters. The highest BCUT2D eigenvalue weighted by atomic mass is 32.2. The van der Waals surface area contributed by atoms with Crippen molar-refractivity contribution < 1.29 is 31.2 Å². The van der Waals surface area contributed by atoms with E-state index >= 15 is 0 Å². The van der Waals surface area contributed by atoms with E-state index < -0.39 is 46.0 Å². The first-order valence-electron chi connectivity index (χ1n) is 12.3. The Kier molecular flexibility index (Phi) is 9.58. The van der Waals surface area contributed by atoms with Gasteiger partial charge in [-0.1, -0.05) is 38.3 Å².